The van der Waals surface area contributed by atoms with Gasteiger partial charge in [-0.1, -0.05) is 30.3 Å². The van der Waals surface area contributed by atoms with Crippen molar-refractivity contribution in [3.05, 3.63) is 59.7 Å². The summed E-state index contributed by atoms with van der Waals surface area (Å²) in [5.41, 5.74) is -1.01. The van der Waals surface area contributed by atoms with E-state index in [9.17, 15) is 19.8 Å². The van der Waals surface area contributed by atoms with Gasteiger partial charge in [-0.3, -0.25) is 0 Å². The lowest BCUT2D eigenvalue weighted by Crippen LogP contribution is -2.30. The molecule has 0 fully saturated rings. The van der Waals surface area contributed by atoms with E-state index in [0.717, 1.165) is 6.07 Å². The number of carbonyl (C=O) groups is 2. The average molecular weight is 256 g/mol. The minimum Gasteiger partial charge on any atom is -0.545 e. The van der Waals surface area contributed by atoms with Crippen LogP contribution in [0, 0.1) is 0 Å². The second-order valence-electron chi connectivity index (χ2n) is 3.67. The van der Waals surface area contributed by atoms with Crippen LogP contribution in [-0.4, -0.2) is 11.9 Å². The van der Waals surface area contributed by atoms with Gasteiger partial charge in [0.05, 0.1) is 11.9 Å². The molecule has 2 rings (SSSR count). The van der Waals surface area contributed by atoms with Crippen molar-refractivity contribution in [3.8, 4) is 11.5 Å². The fourth-order valence-electron chi connectivity index (χ4n) is 1.61. The first-order chi connectivity index (χ1) is 9.09. The minimum atomic E-state index is -1.63. The van der Waals surface area contributed by atoms with Crippen LogP contribution < -0.4 is 14.9 Å². The van der Waals surface area contributed by atoms with E-state index in [2.05, 4.69) is 0 Å². The Morgan fingerprint density at radius 2 is 1.53 bits per heavy atom. The van der Waals surface area contributed by atoms with Crippen LogP contribution in [0.2, 0.25) is 0 Å². The number of benzene rings is 2. The summed E-state index contributed by atoms with van der Waals surface area (Å²) in [7, 11) is 0. The lowest BCUT2D eigenvalue weighted by atomic mass is 10.1. The van der Waals surface area contributed by atoms with Gasteiger partial charge in [0.25, 0.3) is 0 Å². The fourth-order valence-corrected chi connectivity index (χ4v) is 1.61. The zero-order valence-electron chi connectivity index (χ0n) is 9.66. The van der Waals surface area contributed by atoms with E-state index >= 15 is 0 Å². The molecular weight excluding hydrogens is 248 g/mol. The third-order valence-electron chi connectivity index (χ3n) is 2.42. The first-order valence-electron chi connectivity index (χ1n) is 5.38. The van der Waals surface area contributed by atoms with Crippen LogP contribution in [0.4, 0.5) is 0 Å². The maximum Gasteiger partial charge on any atom is 0.137 e. The first-order valence-corrected chi connectivity index (χ1v) is 5.38. The van der Waals surface area contributed by atoms with Crippen molar-refractivity contribution in [1.29, 1.82) is 0 Å². The number of aromatic carboxylic acids is 2. The average Bonchev–Trinajstić information content (AvgIpc) is 2.39. The van der Waals surface area contributed by atoms with Crippen LogP contribution >= 0.6 is 0 Å². The standard InChI is InChI=1S/C14H10O5/c15-13(16)10-7-4-8-11(12(10)14(17)18)19-9-5-2-1-3-6-9/h1-8H,(H,15,16)(H,17,18)/p-2. The third kappa shape index (κ3) is 2.71. The highest BCUT2D eigenvalue weighted by Crippen LogP contribution is 2.27. The van der Waals surface area contributed by atoms with E-state index in [4.69, 9.17) is 4.74 Å². The molecule has 0 bridgehead atoms. The van der Waals surface area contributed by atoms with Crippen molar-refractivity contribution in [1.82, 2.24) is 0 Å². The van der Waals surface area contributed by atoms with E-state index < -0.39 is 23.1 Å². The summed E-state index contributed by atoms with van der Waals surface area (Å²) in [4.78, 5) is 21.9. The Morgan fingerprint density at radius 3 is 2.11 bits per heavy atom. The van der Waals surface area contributed by atoms with Gasteiger partial charge >= 0.3 is 0 Å². The molecule has 0 radical (unpaired) electrons. The van der Waals surface area contributed by atoms with Gasteiger partial charge < -0.3 is 24.5 Å². The van der Waals surface area contributed by atoms with Crippen molar-refractivity contribution in [2.24, 2.45) is 0 Å². The summed E-state index contributed by atoms with van der Waals surface area (Å²) in [6.07, 6.45) is 0. The smallest absolute Gasteiger partial charge is 0.137 e. The molecule has 0 aromatic heterocycles. The molecule has 0 aliphatic heterocycles. The highest BCUT2D eigenvalue weighted by molar-refractivity contribution is 6.02. The number of rotatable bonds is 4. The largest absolute Gasteiger partial charge is 0.545 e. The van der Waals surface area contributed by atoms with Crippen molar-refractivity contribution < 1.29 is 24.5 Å². The Labute approximate surface area is 108 Å². The molecule has 0 heterocycles. The Hall–Kier alpha value is -2.82. The zero-order valence-corrected chi connectivity index (χ0v) is 9.66. The molecule has 19 heavy (non-hydrogen) atoms. The topological polar surface area (TPSA) is 89.5 Å². The molecule has 0 amide bonds. The van der Waals surface area contributed by atoms with Crippen LogP contribution in [0.15, 0.2) is 48.5 Å². The zero-order chi connectivity index (χ0) is 13.8. The third-order valence-corrected chi connectivity index (χ3v) is 2.42. The molecule has 96 valence electrons. The summed E-state index contributed by atoms with van der Waals surface area (Å²) in [5.74, 6) is -2.95. The van der Waals surface area contributed by atoms with E-state index in [1.54, 1.807) is 30.3 Å². The predicted molar refractivity (Wildman–Crippen MR) is 61.6 cm³/mol. The van der Waals surface area contributed by atoms with Gasteiger partial charge in [-0.2, -0.15) is 0 Å². The van der Waals surface area contributed by atoms with Crippen molar-refractivity contribution in [2.75, 3.05) is 0 Å². The summed E-state index contributed by atoms with van der Waals surface area (Å²) < 4.78 is 5.35. The summed E-state index contributed by atoms with van der Waals surface area (Å²) >= 11 is 0. The molecule has 0 saturated carbocycles. The highest BCUT2D eigenvalue weighted by Gasteiger charge is 2.12. The lowest BCUT2D eigenvalue weighted by molar-refractivity contribution is -0.259. The summed E-state index contributed by atoms with van der Waals surface area (Å²) in [6, 6.07) is 12.3. The second kappa shape index (κ2) is 5.22. The molecule has 0 atom stereocenters. The number of carboxylic acids is 2. The molecule has 0 saturated heterocycles. The van der Waals surface area contributed by atoms with Crippen molar-refractivity contribution in [3.63, 3.8) is 0 Å². The Morgan fingerprint density at radius 1 is 0.842 bits per heavy atom. The molecule has 0 N–H and O–H groups in total. The van der Waals surface area contributed by atoms with Crippen LogP contribution in [0.5, 0.6) is 11.5 Å². The molecule has 0 unspecified atom stereocenters. The quantitative estimate of drug-likeness (QED) is 0.779. The number of carbonyl (C=O) groups excluding carboxylic acids is 2. The van der Waals surface area contributed by atoms with Gasteiger partial charge in [-0.05, 0) is 18.2 Å². The minimum absolute atomic E-state index is 0.104. The van der Waals surface area contributed by atoms with E-state index in [1.165, 1.54) is 12.1 Å². The Bertz CT molecular complexity index is 619. The summed E-state index contributed by atoms with van der Waals surface area (Å²) in [6.45, 7) is 0. The Kier molecular flexibility index (Phi) is 3.47. The van der Waals surface area contributed by atoms with Crippen molar-refractivity contribution in [2.45, 2.75) is 0 Å². The fraction of sp³-hybridized carbons (Fsp3) is 0. The van der Waals surface area contributed by atoms with E-state index in [1.807, 2.05) is 0 Å². The number of hydrogen-bond acceptors (Lipinski definition) is 5. The monoisotopic (exact) mass is 256 g/mol. The van der Waals surface area contributed by atoms with Crippen LogP contribution in [0.3, 0.4) is 0 Å². The maximum absolute atomic E-state index is 11.1. The first kappa shape index (κ1) is 12.6. The molecule has 0 aliphatic carbocycles. The van der Waals surface area contributed by atoms with Gasteiger partial charge in [-0.15, -0.1) is 0 Å². The van der Waals surface area contributed by atoms with Gasteiger partial charge in [0.15, 0.2) is 0 Å². The molecule has 5 heteroatoms. The number of ether oxygens (including phenoxy) is 1. The highest BCUT2D eigenvalue weighted by atomic mass is 16.5. The number of para-hydroxylation sites is 1. The number of carboxylic acid groups (broad SMARTS) is 2. The molecule has 2 aromatic rings. The lowest BCUT2D eigenvalue weighted by Gasteiger charge is -2.16. The molecule has 0 spiro atoms. The molecule has 2 aromatic carbocycles. The van der Waals surface area contributed by atoms with Gasteiger partial charge in [0.1, 0.15) is 11.5 Å². The molecule has 5 nitrogen and oxygen atoms in total. The maximum atomic E-state index is 11.1. The van der Waals surface area contributed by atoms with Gasteiger partial charge in [0, 0.05) is 11.1 Å². The normalized spacial score (nSPS) is 9.89. The van der Waals surface area contributed by atoms with Crippen LogP contribution in [0.25, 0.3) is 0 Å². The van der Waals surface area contributed by atoms with E-state index in [0.29, 0.717) is 5.75 Å². The van der Waals surface area contributed by atoms with Crippen molar-refractivity contribution >= 4 is 11.9 Å². The van der Waals surface area contributed by atoms with Crippen LogP contribution in [0.1, 0.15) is 20.7 Å². The predicted octanol–water partition coefficient (Wildman–Crippen LogP) is 0.206. The number of hydrogen-bond donors (Lipinski definition) is 0. The van der Waals surface area contributed by atoms with Gasteiger partial charge in [0.2, 0.25) is 0 Å². The van der Waals surface area contributed by atoms with Gasteiger partial charge in [-0.25, -0.2) is 0 Å². The molecular formula is C14H8O5-2. The Balaban J connectivity index is 2.48. The molecule has 0 aliphatic rings. The van der Waals surface area contributed by atoms with Crippen LogP contribution in [-0.2, 0) is 0 Å². The second-order valence-corrected chi connectivity index (χ2v) is 3.67. The van der Waals surface area contributed by atoms with E-state index in [-0.39, 0.29) is 5.75 Å². The SMILES string of the molecule is O=C([O-])c1cccc(Oc2ccccc2)c1C(=O)[O-]. The summed E-state index contributed by atoms with van der Waals surface area (Å²) in [5, 5.41) is 21.9.